The average molecular weight is 310 g/mol. The van der Waals surface area contributed by atoms with Gasteiger partial charge in [-0.15, -0.1) is 13.2 Å². The Balaban J connectivity index is 3.58. The number of alkyl halides is 8. The van der Waals surface area contributed by atoms with Gasteiger partial charge in [-0.3, -0.25) is 4.98 Å². The summed E-state index contributed by atoms with van der Waals surface area (Å²) in [6.45, 7) is -0.754. The Morgan fingerprint density at radius 3 is 2.05 bits per heavy atom. The van der Waals surface area contributed by atoms with E-state index >= 15 is 0 Å². The van der Waals surface area contributed by atoms with E-state index in [4.69, 9.17) is 5.73 Å². The topological polar surface area (TPSA) is 48.1 Å². The van der Waals surface area contributed by atoms with Gasteiger partial charge in [0.1, 0.15) is 5.75 Å². The van der Waals surface area contributed by atoms with Gasteiger partial charge in [0.25, 0.3) is 6.43 Å². The molecule has 1 heterocycles. The first-order chi connectivity index (χ1) is 8.97. The van der Waals surface area contributed by atoms with E-state index in [1.54, 1.807) is 0 Å². The lowest BCUT2D eigenvalue weighted by Gasteiger charge is -2.19. The van der Waals surface area contributed by atoms with E-state index < -0.39 is 48.1 Å². The summed E-state index contributed by atoms with van der Waals surface area (Å²) in [5, 5.41) is 0. The minimum absolute atomic E-state index is 0.315. The lowest BCUT2D eigenvalue weighted by molar-refractivity contribution is -0.275. The van der Waals surface area contributed by atoms with Crippen molar-refractivity contribution in [1.29, 1.82) is 0 Å². The first-order valence-corrected chi connectivity index (χ1v) is 4.80. The minimum atomic E-state index is -5.45. The number of hydrogen-bond acceptors (Lipinski definition) is 3. The molecule has 0 unspecified atom stereocenters. The normalized spacial score (nSPS) is 12.9. The average Bonchev–Trinajstić information content (AvgIpc) is 2.24. The standard InChI is InChI=1S/C9H6F8N2O/c10-7(11)4-5(20-9(15,16)17)3(1-18)2-19-6(4)8(12,13)14/h2,7H,1,18H2. The molecule has 1 aromatic rings. The number of ether oxygens (including phenoxy) is 1. The highest BCUT2D eigenvalue weighted by Crippen LogP contribution is 2.42. The second kappa shape index (κ2) is 5.38. The highest BCUT2D eigenvalue weighted by molar-refractivity contribution is 5.44. The molecule has 114 valence electrons. The van der Waals surface area contributed by atoms with Crippen LogP contribution in [0, 0.1) is 0 Å². The lowest BCUT2D eigenvalue weighted by Crippen LogP contribution is -2.23. The highest BCUT2D eigenvalue weighted by atomic mass is 19.4. The first kappa shape index (κ1) is 16.4. The molecule has 1 aromatic heterocycles. The van der Waals surface area contributed by atoms with E-state index in [0.29, 0.717) is 6.20 Å². The van der Waals surface area contributed by atoms with Crippen molar-refractivity contribution in [2.75, 3.05) is 0 Å². The molecule has 11 heteroatoms. The molecule has 0 spiro atoms. The summed E-state index contributed by atoms with van der Waals surface area (Å²) in [6, 6.07) is 0. The fourth-order valence-corrected chi connectivity index (χ4v) is 1.36. The Kier molecular flexibility index (Phi) is 4.42. The van der Waals surface area contributed by atoms with Gasteiger partial charge in [-0.05, 0) is 0 Å². The first-order valence-electron chi connectivity index (χ1n) is 4.80. The van der Waals surface area contributed by atoms with E-state index in [9.17, 15) is 35.1 Å². The molecule has 1 rings (SSSR count). The van der Waals surface area contributed by atoms with Crippen LogP contribution >= 0.6 is 0 Å². The predicted octanol–water partition coefficient (Wildman–Crippen LogP) is 3.40. The van der Waals surface area contributed by atoms with Crippen molar-refractivity contribution < 1.29 is 39.9 Å². The van der Waals surface area contributed by atoms with Crippen molar-refractivity contribution in [3.63, 3.8) is 0 Å². The second-order valence-corrected chi connectivity index (χ2v) is 3.43. The van der Waals surface area contributed by atoms with E-state index in [0.717, 1.165) is 0 Å². The van der Waals surface area contributed by atoms with Crippen molar-refractivity contribution in [3.05, 3.63) is 23.0 Å². The maximum atomic E-state index is 12.7. The molecule has 0 bridgehead atoms. The van der Waals surface area contributed by atoms with E-state index in [1.807, 2.05) is 0 Å². The molecule has 0 saturated heterocycles. The highest BCUT2D eigenvalue weighted by Gasteiger charge is 2.43. The third-order valence-electron chi connectivity index (χ3n) is 2.07. The number of halogens is 8. The zero-order valence-electron chi connectivity index (χ0n) is 9.32. The van der Waals surface area contributed by atoms with Crippen LogP contribution in [0.3, 0.4) is 0 Å². The van der Waals surface area contributed by atoms with Gasteiger partial charge in [0.15, 0.2) is 5.69 Å². The molecule has 0 aliphatic heterocycles. The molecule has 2 N–H and O–H groups in total. The zero-order chi connectivity index (χ0) is 15.7. The van der Waals surface area contributed by atoms with E-state index in [2.05, 4.69) is 9.72 Å². The maximum absolute atomic E-state index is 12.7. The molecule has 0 aromatic carbocycles. The van der Waals surface area contributed by atoms with Crippen molar-refractivity contribution in [2.24, 2.45) is 5.73 Å². The Hall–Kier alpha value is -1.65. The van der Waals surface area contributed by atoms with Crippen molar-refractivity contribution in [1.82, 2.24) is 4.98 Å². The third kappa shape index (κ3) is 3.68. The molecule has 3 nitrogen and oxygen atoms in total. The molecule has 20 heavy (non-hydrogen) atoms. The minimum Gasteiger partial charge on any atom is -0.405 e. The van der Waals surface area contributed by atoms with Crippen LogP contribution in [0.4, 0.5) is 35.1 Å². The molecule has 0 aliphatic rings. The van der Waals surface area contributed by atoms with Gasteiger partial charge in [0.05, 0.1) is 5.56 Å². The Morgan fingerprint density at radius 1 is 1.15 bits per heavy atom. The molecule has 0 amide bonds. The smallest absolute Gasteiger partial charge is 0.405 e. The van der Waals surface area contributed by atoms with Gasteiger partial charge in [0, 0.05) is 18.3 Å². The van der Waals surface area contributed by atoms with Gasteiger partial charge in [-0.25, -0.2) is 8.78 Å². The summed E-state index contributed by atoms with van der Waals surface area (Å²) >= 11 is 0. The number of nitrogens with zero attached hydrogens (tertiary/aromatic N) is 1. The molecule has 0 radical (unpaired) electrons. The molecular weight excluding hydrogens is 304 g/mol. The molecule has 0 aliphatic carbocycles. The summed E-state index contributed by atoms with van der Waals surface area (Å²) in [7, 11) is 0. The number of nitrogens with two attached hydrogens (primary N) is 1. The lowest BCUT2D eigenvalue weighted by atomic mass is 10.1. The van der Waals surface area contributed by atoms with Crippen LogP contribution in [0.15, 0.2) is 6.20 Å². The van der Waals surface area contributed by atoms with Gasteiger partial charge >= 0.3 is 12.5 Å². The van der Waals surface area contributed by atoms with Crippen LogP contribution in [-0.4, -0.2) is 11.3 Å². The van der Waals surface area contributed by atoms with Gasteiger partial charge in [0.2, 0.25) is 0 Å². The predicted molar refractivity (Wildman–Crippen MR) is 48.8 cm³/mol. The maximum Gasteiger partial charge on any atom is 0.573 e. The number of pyridine rings is 1. The summed E-state index contributed by atoms with van der Waals surface area (Å²) in [5.74, 6) is -1.67. The summed E-state index contributed by atoms with van der Waals surface area (Å²) in [4.78, 5) is 2.70. The number of aromatic nitrogens is 1. The van der Waals surface area contributed by atoms with Crippen LogP contribution < -0.4 is 10.5 Å². The van der Waals surface area contributed by atoms with Crippen molar-refractivity contribution in [2.45, 2.75) is 25.5 Å². The van der Waals surface area contributed by atoms with Crippen molar-refractivity contribution >= 4 is 0 Å². The molecular formula is C9H6F8N2O. The Labute approximate surface area is 106 Å². The van der Waals surface area contributed by atoms with E-state index in [1.165, 1.54) is 0 Å². The van der Waals surface area contributed by atoms with Crippen LogP contribution in [-0.2, 0) is 12.7 Å². The zero-order valence-corrected chi connectivity index (χ0v) is 9.32. The molecule has 0 atom stereocenters. The number of rotatable bonds is 3. The van der Waals surface area contributed by atoms with Crippen LogP contribution in [0.1, 0.15) is 23.2 Å². The van der Waals surface area contributed by atoms with Crippen molar-refractivity contribution in [3.8, 4) is 5.75 Å². The van der Waals surface area contributed by atoms with Gasteiger partial charge < -0.3 is 10.5 Å². The van der Waals surface area contributed by atoms with E-state index in [-0.39, 0.29) is 0 Å². The van der Waals surface area contributed by atoms with Gasteiger partial charge in [-0.1, -0.05) is 0 Å². The Bertz CT molecular complexity index is 482. The van der Waals surface area contributed by atoms with Crippen LogP contribution in [0.2, 0.25) is 0 Å². The number of hydrogen-bond donors (Lipinski definition) is 1. The largest absolute Gasteiger partial charge is 0.573 e. The monoisotopic (exact) mass is 310 g/mol. The SMILES string of the molecule is NCc1cnc(C(F)(F)F)c(C(F)F)c1OC(F)(F)F. The van der Waals surface area contributed by atoms with Gasteiger partial charge in [-0.2, -0.15) is 13.2 Å². The fraction of sp³-hybridized carbons (Fsp3) is 0.444. The fourth-order valence-electron chi connectivity index (χ4n) is 1.36. The van der Waals surface area contributed by atoms with Crippen LogP contribution in [0.5, 0.6) is 5.75 Å². The quantitative estimate of drug-likeness (QED) is 0.871. The summed E-state index contributed by atoms with van der Waals surface area (Å²) < 4.78 is 102. The summed E-state index contributed by atoms with van der Waals surface area (Å²) in [6.07, 6.45) is -14.4. The molecule has 0 saturated carbocycles. The third-order valence-corrected chi connectivity index (χ3v) is 2.07. The second-order valence-electron chi connectivity index (χ2n) is 3.43. The molecule has 0 fully saturated rings. The Morgan fingerprint density at radius 2 is 1.70 bits per heavy atom. The van der Waals surface area contributed by atoms with Crippen LogP contribution in [0.25, 0.3) is 0 Å². The summed E-state index contributed by atoms with van der Waals surface area (Å²) in [5.41, 5.74) is 0.130.